The van der Waals surface area contributed by atoms with Crippen LogP contribution >= 0.6 is 11.6 Å². The average molecular weight is 262 g/mol. The summed E-state index contributed by atoms with van der Waals surface area (Å²) in [7, 11) is 1.86. The van der Waals surface area contributed by atoms with E-state index in [1.807, 2.05) is 31.4 Å². The lowest BCUT2D eigenvalue weighted by molar-refractivity contribution is 0.525. The van der Waals surface area contributed by atoms with Crippen molar-refractivity contribution in [2.45, 2.75) is 6.04 Å². The van der Waals surface area contributed by atoms with Gasteiger partial charge in [0.1, 0.15) is 11.3 Å². The molecule has 1 atom stereocenters. The molecule has 0 spiro atoms. The fraction of sp³-hybridized carbons (Fsp3) is 0.154. The zero-order valence-electron chi connectivity index (χ0n) is 9.80. The zero-order valence-corrected chi connectivity index (χ0v) is 10.6. The molecule has 3 aromatic rings. The third kappa shape index (κ3) is 1.89. The third-order valence-corrected chi connectivity index (χ3v) is 3.12. The molecule has 0 amide bonds. The largest absolute Gasteiger partial charge is 0.459 e. The van der Waals surface area contributed by atoms with Crippen molar-refractivity contribution in [1.82, 2.24) is 9.78 Å². The quantitative estimate of drug-likeness (QED) is 0.772. The second-order valence-corrected chi connectivity index (χ2v) is 4.69. The van der Waals surface area contributed by atoms with E-state index >= 15 is 0 Å². The van der Waals surface area contributed by atoms with Crippen LogP contribution in [-0.4, -0.2) is 9.78 Å². The Balaban J connectivity index is 2.03. The van der Waals surface area contributed by atoms with Gasteiger partial charge in [-0.1, -0.05) is 11.6 Å². The number of fused-ring (bicyclic) bond motifs is 1. The Hall–Kier alpha value is -1.78. The van der Waals surface area contributed by atoms with Crippen molar-refractivity contribution in [2.24, 2.45) is 12.8 Å². The molecule has 1 aromatic carbocycles. The molecular formula is C13H12ClN3O. The first-order chi connectivity index (χ1) is 8.63. The highest BCUT2D eigenvalue weighted by Crippen LogP contribution is 2.28. The highest BCUT2D eigenvalue weighted by atomic mass is 35.5. The Bertz CT molecular complexity index is 701. The van der Waals surface area contributed by atoms with E-state index in [1.54, 1.807) is 16.9 Å². The Labute approximate surface area is 109 Å². The molecule has 2 aromatic heterocycles. The van der Waals surface area contributed by atoms with Crippen molar-refractivity contribution in [3.05, 3.63) is 53.0 Å². The molecule has 1 unspecified atom stereocenters. The van der Waals surface area contributed by atoms with Crippen molar-refractivity contribution >= 4 is 22.6 Å². The smallest absolute Gasteiger partial charge is 0.134 e. The maximum absolute atomic E-state index is 6.15. The van der Waals surface area contributed by atoms with Crippen LogP contribution in [0.2, 0.25) is 5.02 Å². The van der Waals surface area contributed by atoms with Gasteiger partial charge in [-0.2, -0.15) is 5.10 Å². The van der Waals surface area contributed by atoms with Gasteiger partial charge in [0.15, 0.2) is 0 Å². The van der Waals surface area contributed by atoms with Gasteiger partial charge in [-0.25, -0.2) is 0 Å². The van der Waals surface area contributed by atoms with Gasteiger partial charge in [0.05, 0.1) is 12.2 Å². The topological polar surface area (TPSA) is 57.0 Å². The van der Waals surface area contributed by atoms with Crippen LogP contribution in [0.25, 0.3) is 11.0 Å². The minimum absolute atomic E-state index is 0.315. The summed E-state index contributed by atoms with van der Waals surface area (Å²) in [4.78, 5) is 0. The van der Waals surface area contributed by atoms with E-state index in [0.717, 1.165) is 16.5 Å². The number of aryl methyl sites for hydroxylation is 1. The second kappa shape index (κ2) is 4.15. The molecule has 0 fully saturated rings. The summed E-state index contributed by atoms with van der Waals surface area (Å²) in [6.07, 6.45) is 3.62. The van der Waals surface area contributed by atoms with Crippen molar-refractivity contribution in [3.63, 3.8) is 0 Å². The van der Waals surface area contributed by atoms with Crippen molar-refractivity contribution in [2.75, 3.05) is 0 Å². The molecule has 0 saturated carbocycles. The molecule has 2 heterocycles. The number of nitrogens with two attached hydrogens (primary N) is 1. The fourth-order valence-corrected chi connectivity index (χ4v) is 2.13. The standard InChI is InChI=1S/C13H12ClN3O/c1-17-7-9(6-16-17)13(15)12-5-8-4-10(14)2-3-11(8)18-12/h2-7,13H,15H2,1H3. The van der Waals surface area contributed by atoms with Crippen LogP contribution in [0.1, 0.15) is 17.4 Å². The minimum atomic E-state index is -0.315. The van der Waals surface area contributed by atoms with E-state index in [2.05, 4.69) is 5.10 Å². The van der Waals surface area contributed by atoms with Gasteiger partial charge in [-0.05, 0) is 24.3 Å². The molecule has 0 aliphatic carbocycles. The van der Waals surface area contributed by atoms with Crippen molar-refractivity contribution < 1.29 is 4.42 Å². The number of furan rings is 1. The second-order valence-electron chi connectivity index (χ2n) is 4.26. The molecule has 5 heteroatoms. The molecule has 3 rings (SSSR count). The maximum Gasteiger partial charge on any atom is 0.134 e. The summed E-state index contributed by atoms with van der Waals surface area (Å²) in [6.45, 7) is 0. The minimum Gasteiger partial charge on any atom is -0.459 e. The summed E-state index contributed by atoms with van der Waals surface area (Å²) < 4.78 is 7.44. The number of aromatic nitrogens is 2. The predicted octanol–water partition coefficient (Wildman–Crippen LogP) is 2.87. The van der Waals surface area contributed by atoms with Crippen LogP contribution in [0.15, 0.2) is 41.1 Å². The van der Waals surface area contributed by atoms with Crippen LogP contribution < -0.4 is 5.73 Å². The molecule has 0 saturated heterocycles. The van der Waals surface area contributed by atoms with E-state index in [1.165, 1.54) is 0 Å². The summed E-state index contributed by atoms with van der Waals surface area (Å²) in [5.41, 5.74) is 7.86. The first kappa shape index (κ1) is 11.3. The number of rotatable bonds is 2. The number of benzene rings is 1. The molecule has 0 aliphatic heterocycles. The average Bonchev–Trinajstić information content (AvgIpc) is 2.93. The Morgan fingerprint density at radius 2 is 2.22 bits per heavy atom. The normalized spacial score (nSPS) is 13.1. The van der Waals surface area contributed by atoms with Gasteiger partial charge < -0.3 is 10.2 Å². The molecule has 0 aliphatic rings. The van der Waals surface area contributed by atoms with Crippen LogP contribution in [0, 0.1) is 0 Å². The van der Waals surface area contributed by atoms with Gasteiger partial charge in [-0.15, -0.1) is 0 Å². The third-order valence-electron chi connectivity index (χ3n) is 2.89. The summed E-state index contributed by atoms with van der Waals surface area (Å²) in [6, 6.07) is 7.10. The lowest BCUT2D eigenvalue weighted by Crippen LogP contribution is -2.09. The van der Waals surface area contributed by atoms with E-state index < -0.39 is 0 Å². The number of hydrogen-bond donors (Lipinski definition) is 1. The van der Waals surface area contributed by atoms with Crippen LogP contribution in [-0.2, 0) is 7.05 Å². The molecule has 0 bridgehead atoms. The molecule has 18 heavy (non-hydrogen) atoms. The SMILES string of the molecule is Cn1cc(C(N)c2cc3cc(Cl)ccc3o2)cn1. The van der Waals surface area contributed by atoms with E-state index in [9.17, 15) is 0 Å². The van der Waals surface area contributed by atoms with Gasteiger partial charge in [-0.3, -0.25) is 4.68 Å². The van der Waals surface area contributed by atoms with E-state index in [-0.39, 0.29) is 6.04 Å². The lowest BCUT2D eigenvalue weighted by Gasteiger charge is -2.04. The maximum atomic E-state index is 6.15. The van der Waals surface area contributed by atoms with Crippen LogP contribution in [0.5, 0.6) is 0 Å². The molecule has 92 valence electrons. The van der Waals surface area contributed by atoms with Crippen molar-refractivity contribution in [1.29, 1.82) is 0 Å². The molecule has 0 radical (unpaired) electrons. The Morgan fingerprint density at radius 1 is 1.39 bits per heavy atom. The Kier molecular flexibility index (Phi) is 2.61. The number of nitrogens with zero attached hydrogens (tertiary/aromatic N) is 2. The highest BCUT2D eigenvalue weighted by Gasteiger charge is 2.15. The highest BCUT2D eigenvalue weighted by molar-refractivity contribution is 6.31. The van der Waals surface area contributed by atoms with Crippen LogP contribution in [0.3, 0.4) is 0 Å². The first-order valence-electron chi connectivity index (χ1n) is 5.56. The Morgan fingerprint density at radius 3 is 2.94 bits per heavy atom. The number of halogens is 1. The summed E-state index contributed by atoms with van der Waals surface area (Å²) >= 11 is 5.94. The van der Waals surface area contributed by atoms with E-state index in [4.69, 9.17) is 21.8 Å². The lowest BCUT2D eigenvalue weighted by atomic mass is 10.1. The zero-order chi connectivity index (χ0) is 12.7. The summed E-state index contributed by atoms with van der Waals surface area (Å²) in [5, 5.41) is 5.75. The first-order valence-corrected chi connectivity index (χ1v) is 5.94. The molecule has 4 nitrogen and oxygen atoms in total. The van der Waals surface area contributed by atoms with Gasteiger partial charge >= 0.3 is 0 Å². The van der Waals surface area contributed by atoms with Gasteiger partial charge in [0.2, 0.25) is 0 Å². The van der Waals surface area contributed by atoms with Crippen LogP contribution in [0.4, 0.5) is 0 Å². The number of hydrogen-bond acceptors (Lipinski definition) is 3. The monoisotopic (exact) mass is 261 g/mol. The molecular weight excluding hydrogens is 250 g/mol. The van der Waals surface area contributed by atoms with Crippen molar-refractivity contribution in [3.8, 4) is 0 Å². The predicted molar refractivity (Wildman–Crippen MR) is 70.5 cm³/mol. The van der Waals surface area contributed by atoms with Gasteiger partial charge in [0.25, 0.3) is 0 Å². The van der Waals surface area contributed by atoms with Gasteiger partial charge in [0, 0.05) is 29.2 Å². The summed E-state index contributed by atoms with van der Waals surface area (Å²) in [5.74, 6) is 0.709. The fourth-order valence-electron chi connectivity index (χ4n) is 1.95. The van der Waals surface area contributed by atoms with E-state index in [0.29, 0.717) is 10.8 Å². The molecule has 2 N–H and O–H groups in total.